The zero-order valence-electron chi connectivity index (χ0n) is 11.4. The van der Waals surface area contributed by atoms with E-state index < -0.39 is 0 Å². The minimum atomic E-state index is 0.624. The fourth-order valence-corrected chi connectivity index (χ4v) is 3.60. The molecule has 0 saturated carbocycles. The van der Waals surface area contributed by atoms with Crippen LogP contribution in [0, 0.1) is 0 Å². The number of halogens is 1. The van der Waals surface area contributed by atoms with Gasteiger partial charge in [-0.3, -0.25) is 0 Å². The van der Waals surface area contributed by atoms with Crippen molar-refractivity contribution in [1.82, 2.24) is 5.32 Å². The Labute approximate surface area is 124 Å². The quantitative estimate of drug-likeness (QED) is 0.499. The van der Waals surface area contributed by atoms with Gasteiger partial charge in [0.15, 0.2) is 0 Å². The van der Waals surface area contributed by atoms with Crippen LogP contribution in [-0.4, -0.2) is 18.8 Å². The Morgan fingerprint density at radius 1 is 1.22 bits per heavy atom. The number of unbranched alkanes of at least 4 members (excludes halogenated alkanes) is 3. The molecule has 0 radical (unpaired) electrons. The molecule has 0 spiro atoms. The summed E-state index contributed by atoms with van der Waals surface area (Å²) in [5.74, 6) is 1.14. The molecule has 1 atom stereocenters. The van der Waals surface area contributed by atoms with Gasteiger partial charge in [-0.25, -0.2) is 0 Å². The summed E-state index contributed by atoms with van der Waals surface area (Å²) in [5.41, 5.74) is 0. The molecule has 3 heteroatoms. The van der Waals surface area contributed by atoms with Crippen LogP contribution >= 0.6 is 27.7 Å². The normalized spacial score (nSPS) is 12.6. The van der Waals surface area contributed by atoms with Crippen LogP contribution in [0.25, 0.3) is 0 Å². The van der Waals surface area contributed by atoms with Crippen molar-refractivity contribution in [2.45, 2.75) is 50.0 Å². The van der Waals surface area contributed by atoms with Crippen molar-refractivity contribution in [3.8, 4) is 0 Å². The average molecular weight is 330 g/mol. The maximum absolute atomic E-state index is 3.60. The van der Waals surface area contributed by atoms with E-state index in [2.05, 4.69) is 59.5 Å². The molecule has 1 N–H and O–H groups in total. The summed E-state index contributed by atoms with van der Waals surface area (Å²) in [6.45, 7) is 2.26. The van der Waals surface area contributed by atoms with E-state index in [0.717, 1.165) is 5.75 Å². The minimum Gasteiger partial charge on any atom is -0.316 e. The van der Waals surface area contributed by atoms with Crippen LogP contribution in [0.15, 0.2) is 33.6 Å². The largest absolute Gasteiger partial charge is 0.316 e. The van der Waals surface area contributed by atoms with Crippen molar-refractivity contribution >= 4 is 27.7 Å². The predicted octanol–water partition coefficient (Wildman–Crippen LogP) is 5.10. The summed E-state index contributed by atoms with van der Waals surface area (Å²) in [7, 11) is 2.07. The Hall–Kier alpha value is 0.01000. The molecule has 0 aromatic heterocycles. The molecule has 1 rings (SSSR count). The van der Waals surface area contributed by atoms with E-state index in [4.69, 9.17) is 0 Å². The van der Waals surface area contributed by atoms with Crippen LogP contribution in [0.1, 0.15) is 39.0 Å². The zero-order valence-corrected chi connectivity index (χ0v) is 13.8. The van der Waals surface area contributed by atoms with E-state index in [9.17, 15) is 0 Å². The second-order valence-electron chi connectivity index (χ2n) is 4.58. The van der Waals surface area contributed by atoms with Crippen molar-refractivity contribution in [2.75, 3.05) is 12.8 Å². The first-order chi connectivity index (χ1) is 8.77. The van der Waals surface area contributed by atoms with E-state index >= 15 is 0 Å². The summed E-state index contributed by atoms with van der Waals surface area (Å²) in [4.78, 5) is 1.34. The van der Waals surface area contributed by atoms with Crippen molar-refractivity contribution in [1.29, 1.82) is 0 Å². The maximum Gasteiger partial charge on any atom is 0.0311 e. The SMILES string of the molecule is CCCCCCC(CSc1ccccc1Br)NC. The van der Waals surface area contributed by atoms with Gasteiger partial charge < -0.3 is 5.32 Å². The van der Waals surface area contributed by atoms with Crippen molar-refractivity contribution in [3.05, 3.63) is 28.7 Å². The van der Waals surface area contributed by atoms with Gasteiger partial charge in [-0.05, 0) is 41.5 Å². The smallest absolute Gasteiger partial charge is 0.0311 e. The highest BCUT2D eigenvalue weighted by Crippen LogP contribution is 2.28. The molecule has 0 aliphatic rings. The van der Waals surface area contributed by atoms with Gasteiger partial charge in [-0.1, -0.05) is 44.7 Å². The highest BCUT2D eigenvalue weighted by Gasteiger charge is 2.07. The molecule has 0 heterocycles. The lowest BCUT2D eigenvalue weighted by atomic mass is 10.1. The van der Waals surface area contributed by atoms with Gasteiger partial charge in [0.05, 0.1) is 0 Å². The lowest BCUT2D eigenvalue weighted by Crippen LogP contribution is -2.27. The first kappa shape index (κ1) is 16.1. The molecule has 1 unspecified atom stereocenters. The van der Waals surface area contributed by atoms with Crippen molar-refractivity contribution in [3.63, 3.8) is 0 Å². The molecule has 102 valence electrons. The Balaban J connectivity index is 2.29. The monoisotopic (exact) mass is 329 g/mol. The number of nitrogens with one attached hydrogen (secondary N) is 1. The van der Waals surface area contributed by atoms with E-state index in [-0.39, 0.29) is 0 Å². The second-order valence-corrected chi connectivity index (χ2v) is 6.49. The third-order valence-corrected chi connectivity index (χ3v) is 5.28. The Kier molecular flexibility index (Phi) is 8.82. The highest BCUT2D eigenvalue weighted by molar-refractivity contribution is 9.10. The van der Waals surface area contributed by atoms with Gasteiger partial charge in [-0.2, -0.15) is 0 Å². The fourth-order valence-electron chi connectivity index (χ4n) is 1.88. The van der Waals surface area contributed by atoms with E-state index in [1.54, 1.807) is 0 Å². The number of rotatable bonds is 9. The Bertz CT molecular complexity index is 330. The molecule has 18 heavy (non-hydrogen) atoms. The van der Waals surface area contributed by atoms with E-state index in [1.807, 2.05) is 11.8 Å². The van der Waals surface area contributed by atoms with Crippen molar-refractivity contribution < 1.29 is 0 Å². The summed E-state index contributed by atoms with van der Waals surface area (Å²) >= 11 is 5.53. The maximum atomic E-state index is 3.60. The molecule has 1 aromatic rings. The van der Waals surface area contributed by atoms with Gasteiger partial charge in [0.1, 0.15) is 0 Å². The topological polar surface area (TPSA) is 12.0 Å². The predicted molar refractivity (Wildman–Crippen MR) is 86.5 cm³/mol. The summed E-state index contributed by atoms with van der Waals surface area (Å²) in [6, 6.07) is 9.08. The van der Waals surface area contributed by atoms with Gasteiger partial charge >= 0.3 is 0 Å². The van der Waals surface area contributed by atoms with Gasteiger partial charge in [0.2, 0.25) is 0 Å². The molecular weight excluding hydrogens is 306 g/mol. The van der Waals surface area contributed by atoms with Gasteiger partial charge in [0.25, 0.3) is 0 Å². The van der Waals surface area contributed by atoms with Gasteiger partial charge in [-0.15, -0.1) is 11.8 Å². The third kappa shape index (κ3) is 6.26. The molecule has 0 bridgehead atoms. The average Bonchev–Trinajstić information content (AvgIpc) is 2.40. The lowest BCUT2D eigenvalue weighted by Gasteiger charge is -2.16. The second kappa shape index (κ2) is 9.88. The molecule has 0 aliphatic heterocycles. The number of benzene rings is 1. The minimum absolute atomic E-state index is 0.624. The Morgan fingerprint density at radius 2 is 2.00 bits per heavy atom. The van der Waals surface area contributed by atoms with Crippen LogP contribution < -0.4 is 5.32 Å². The molecule has 0 fully saturated rings. The Morgan fingerprint density at radius 3 is 2.67 bits per heavy atom. The first-order valence-corrected chi connectivity index (χ1v) is 8.60. The highest BCUT2D eigenvalue weighted by atomic mass is 79.9. The standard InChI is InChI=1S/C15H24BrNS/c1-3-4-5-6-9-13(17-2)12-18-15-11-8-7-10-14(15)16/h7-8,10-11,13,17H,3-6,9,12H2,1-2H3. The van der Waals surface area contributed by atoms with E-state index in [0.29, 0.717) is 6.04 Å². The fraction of sp³-hybridized carbons (Fsp3) is 0.600. The lowest BCUT2D eigenvalue weighted by molar-refractivity contribution is 0.523. The molecular formula is C15H24BrNS. The van der Waals surface area contributed by atoms with Crippen LogP contribution in [0.2, 0.25) is 0 Å². The summed E-state index contributed by atoms with van der Waals surface area (Å²) in [6.07, 6.45) is 6.68. The number of hydrogen-bond acceptors (Lipinski definition) is 2. The van der Waals surface area contributed by atoms with Crippen LogP contribution in [0.5, 0.6) is 0 Å². The van der Waals surface area contributed by atoms with Crippen molar-refractivity contribution in [2.24, 2.45) is 0 Å². The van der Waals surface area contributed by atoms with E-state index in [1.165, 1.54) is 41.5 Å². The zero-order chi connectivity index (χ0) is 13.2. The third-order valence-electron chi connectivity index (χ3n) is 3.09. The molecule has 0 amide bonds. The summed E-state index contributed by atoms with van der Waals surface area (Å²) < 4.78 is 1.20. The van der Waals surface area contributed by atoms with Crippen LogP contribution in [0.3, 0.4) is 0 Å². The molecule has 1 nitrogen and oxygen atoms in total. The molecule has 1 aromatic carbocycles. The van der Waals surface area contributed by atoms with Gasteiger partial charge in [0, 0.05) is 21.2 Å². The van der Waals surface area contributed by atoms with Crippen LogP contribution in [0.4, 0.5) is 0 Å². The molecule has 0 saturated heterocycles. The first-order valence-electron chi connectivity index (χ1n) is 6.82. The molecule has 0 aliphatic carbocycles. The number of thioether (sulfide) groups is 1. The number of hydrogen-bond donors (Lipinski definition) is 1. The van der Waals surface area contributed by atoms with Crippen LogP contribution in [-0.2, 0) is 0 Å². The summed E-state index contributed by atoms with van der Waals surface area (Å²) in [5, 5.41) is 3.43.